The van der Waals surface area contributed by atoms with Crippen LogP contribution in [0.25, 0.3) is 10.9 Å². The Morgan fingerprint density at radius 3 is 2.27 bits per heavy atom. The lowest BCUT2D eigenvalue weighted by Gasteiger charge is -2.38. The van der Waals surface area contributed by atoms with Gasteiger partial charge in [0.05, 0.1) is 23.2 Å². The highest BCUT2D eigenvalue weighted by molar-refractivity contribution is 7.90. The zero-order valence-electron chi connectivity index (χ0n) is 25.6. The Bertz CT molecular complexity index is 1820. The van der Waals surface area contributed by atoms with Crippen LogP contribution in [0.2, 0.25) is 0 Å². The normalized spacial score (nSPS) is 16.7. The zero-order chi connectivity index (χ0) is 35.2. The van der Waals surface area contributed by atoms with Gasteiger partial charge in [0, 0.05) is 56.6 Å². The average molecular weight is 758 g/mol. The van der Waals surface area contributed by atoms with Crippen molar-refractivity contribution in [3.8, 4) is 11.5 Å². The minimum atomic E-state index is -4.48. The largest absolute Gasteiger partial charge is 0.497 e. The molecule has 2 aromatic carbocycles. The molecule has 10 nitrogen and oxygen atoms in total. The Balaban J connectivity index is 1.56. The van der Waals surface area contributed by atoms with Crippen molar-refractivity contribution in [2.75, 3.05) is 51.3 Å². The van der Waals surface area contributed by atoms with Gasteiger partial charge >= 0.3 is 12.3 Å². The highest BCUT2D eigenvalue weighted by Gasteiger charge is 2.47. The first-order valence-electron chi connectivity index (χ1n) is 14.6. The number of carbonyl (C=O) groups is 2. The first-order chi connectivity index (χ1) is 22.4. The number of benzene rings is 2. The average Bonchev–Trinajstić information content (AvgIpc) is 3.73. The lowest BCUT2D eigenvalue weighted by molar-refractivity contribution is -0.148. The predicted molar refractivity (Wildman–Crippen MR) is 173 cm³/mol. The van der Waals surface area contributed by atoms with E-state index in [0.29, 0.717) is 41.6 Å². The summed E-state index contributed by atoms with van der Waals surface area (Å²) >= 11 is 17.2. The molecule has 2 heterocycles. The number of fused-ring (bicyclic) bond motifs is 1. The van der Waals surface area contributed by atoms with Crippen LogP contribution in [-0.2, 0) is 25.0 Å². The molecule has 262 valence electrons. The van der Waals surface area contributed by atoms with Crippen molar-refractivity contribution >= 4 is 73.2 Å². The number of piperazine rings is 1. The number of hydrogen-bond donors (Lipinski definition) is 1. The first-order valence-corrected chi connectivity index (χ1v) is 17.2. The summed E-state index contributed by atoms with van der Waals surface area (Å²) < 4.78 is 91.6. The summed E-state index contributed by atoms with van der Waals surface area (Å²) in [6.45, 7) is 0.134. The van der Waals surface area contributed by atoms with E-state index in [0.717, 1.165) is 16.1 Å². The van der Waals surface area contributed by atoms with E-state index in [1.807, 2.05) is 0 Å². The topological polar surface area (TPSA) is 110 Å². The number of hydrogen-bond acceptors (Lipinski definition) is 7. The summed E-state index contributed by atoms with van der Waals surface area (Å²) in [6, 6.07) is 8.38. The summed E-state index contributed by atoms with van der Waals surface area (Å²) in [5, 5.41) is 3.42. The van der Waals surface area contributed by atoms with E-state index in [1.54, 1.807) is 23.1 Å². The number of alkyl halides is 7. The van der Waals surface area contributed by atoms with E-state index < -0.39 is 44.1 Å². The lowest BCUT2D eigenvalue weighted by atomic mass is 9.95. The molecule has 2 amide bonds. The number of nitrogens with zero attached hydrogens (tertiary/aromatic N) is 3. The number of aromatic nitrogens is 1. The molecule has 2 aliphatic rings. The van der Waals surface area contributed by atoms with Crippen LogP contribution in [0.3, 0.4) is 0 Å². The smallest absolute Gasteiger partial charge is 0.340 e. The Kier molecular flexibility index (Phi) is 10.0. The SMILES string of the molecule is COc1ccc2c(c1)c(C1(CNC(C)=O)CC1)cn2S(=O)(=O)c1ccc(OCC(F)(F)C(F)F)c(N2CCN(C(=O)C(Cl)(Cl)Cl)CC2)c1. The fourth-order valence-corrected chi connectivity index (χ4v) is 7.37. The molecule has 0 radical (unpaired) electrons. The van der Waals surface area contributed by atoms with E-state index in [2.05, 4.69) is 5.32 Å². The van der Waals surface area contributed by atoms with Gasteiger partial charge in [-0.3, -0.25) is 9.59 Å². The molecule has 2 fully saturated rings. The molecule has 1 aliphatic heterocycles. The van der Waals surface area contributed by atoms with Gasteiger partial charge in [-0.25, -0.2) is 21.2 Å². The Morgan fingerprint density at radius 2 is 1.71 bits per heavy atom. The standard InChI is InChI=1S/C30H31Cl3F4N4O6S/c1-18(42)38-16-28(7-8-28)22-15-41(23-5-3-19(46-2)13-21(22)23)48(44,45)20-4-6-25(47-17-29(36,37)26(34)35)24(14-20)39-9-11-40(12-10-39)27(43)30(31,32)33/h3-6,13-15,26H,7-12,16-17H2,1-2H3,(H,38,42). The van der Waals surface area contributed by atoms with Crippen molar-refractivity contribution in [1.82, 2.24) is 14.2 Å². The number of halogens is 7. The molecular weight excluding hydrogens is 727 g/mol. The molecule has 0 spiro atoms. The molecule has 18 heteroatoms. The first kappa shape index (κ1) is 36.1. The van der Waals surface area contributed by atoms with Crippen LogP contribution in [-0.4, -0.2) is 91.7 Å². The molecule has 0 bridgehead atoms. The van der Waals surface area contributed by atoms with Gasteiger partial charge < -0.3 is 24.6 Å². The molecule has 1 aromatic heterocycles. The van der Waals surface area contributed by atoms with Gasteiger partial charge in [0.25, 0.3) is 19.7 Å². The maximum atomic E-state index is 14.3. The third-order valence-corrected chi connectivity index (χ3v) is 10.6. The molecule has 0 unspecified atom stereocenters. The summed E-state index contributed by atoms with van der Waals surface area (Å²) in [6.07, 6.45) is -1.08. The van der Waals surface area contributed by atoms with E-state index >= 15 is 0 Å². The summed E-state index contributed by atoms with van der Waals surface area (Å²) in [5.41, 5.74) is 0.541. The monoisotopic (exact) mass is 756 g/mol. The van der Waals surface area contributed by atoms with E-state index in [1.165, 1.54) is 31.2 Å². The van der Waals surface area contributed by atoms with Gasteiger partial charge in [-0.2, -0.15) is 8.78 Å². The van der Waals surface area contributed by atoms with Crippen LogP contribution in [0.4, 0.5) is 23.2 Å². The third kappa shape index (κ3) is 7.24. The van der Waals surface area contributed by atoms with E-state index in [9.17, 15) is 35.6 Å². The van der Waals surface area contributed by atoms with Gasteiger partial charge in [0.1, 0.15) is 11.5 Å². The summed E-state index contributed by atoms with van der Waals surface area (Å²) in [7, 11) is -2.90. The third-order valence-electron chi connectivity index (χ3n) is 8.45. The number of rotatable bonds is 11. The second kappa shape index (κ2) is 13.3. The Morgan fingerprint density at radius 1 is 1.04 bits per heavy atom. The van der Waals surface area contributed by atoms with Crippen molar-refractivity contribution in [2.45, 2.75) is 46.2 Å². The lowest BCUT2D eigenvalue weighted by Crippen LogP contribution is -2.51. The van der Waals surface area contributed by atoms with E-state index in [4.69, 9.17) is 44.3 Å². The molecule has 3 aromatic rings. The molecular formula is C30H31Cl3F4N4O6S. The maximum Gasteiger partial charge on any atom is 0.340 e. The van der Waals surface area contributed by atoms with Gasteiger partial charge in [0.15, 0.2) is 6.61 Å². The van der Waals surface area contributed by atoms with Crippen LogP contribution >= 0.6 is 34.8 Å². The molecule has 0 atom stereocenters. The zero-order valence-corrected chi connectivity index (χ0v) is 28.7. The minimum absolute atomic E-state index is 0.0141. The highest BCUT2D eigenvalue weighted by atomic mass is 35.6. The molecule has 1 aliphatic carbocycles. The number of carbonyl (C=O) groups excluding carboxylic acids is 2. The Hall–Kier alpha value is -3.14. The van der Waals surface area contributed by atoms with Crippen molar-refractivity contribution in [1.29, 1.82) is 0 Å². The second-order valence-electron chi connectivity index (χ2n) is 11.7. The summed E-state index contributed by atoms with van der Waals surface area (Å²) in [4.78, 5) is 26.8. The van der Waals surface area contributed by atoms with Crippen LogP contribution in [0, 0.1) is 0 Å². The Labute approximate surface area is 288 Å². The number of methoxy groups -OCH3 is 1. The number of amides is 2. The number of ether oxygens (including phenoxy) is 2. The van der Waals surface area contributed by atoms with Crippen LogP contribution in [0.1, 0.15) is 25.3 Å². The molecule has 1 saturated carbocycles. The maximum absolute atomic E-state index is 14.3. The van der Waals surface area contributed by atoms with Gasteiger partial charge in [-0.05, 0) is 54.8 Å². The van der Waals surface area contributed by atoms with Crippen LogP contribution < -0.4 is 19.7 Å². The molecule has 5 rings (SSSR count). The number of nitrogens with one attached hydrogen (secondary N) is 1. The fourth-order valence-electron chi connectivity index (χ4n) is 5.62. The fraction of sp³-hybridized carbons (Fsp3) is 0.467. The molecule has 1 N–H and O–H groups in total. The van der Waals surface area contributed by atoms with Crippen molar-refractivity contribution in [3.05, 3.63) is 48.2 Å². The summed E-state index contributed by atoms with van der Waals surface area (Å²) in [5.74, 6) is -5.27. The van der Waals surface area contributed by atoms with Crippen LogP contribution in [0.15, 0.2) is 47.5 Å². The van der Waals surface area contributed by atoms with Crippen molar-refractivity contribution in [2.24, 2.45) is 0 Å². The highest BCUT2D eigenvalue weighted by Crippen LogP contribution is 2.51. The van der Waals surface area contributed by atoms with Gasteiger partial charge in [-0.15, -0.1) is 0 Å². The second-order valence-corrected chi connectivity index (χ2v) is 15.8. The van der Waals surface area contributed by atoms with Crippen molar-refractivity contribution in [3.63, 3.8) is 0 Å². The minimum Gasteiger partial charge on any atom is -0.497 e. The number of anilines is 1. The predicted octanol–water partition coefficient (Wildman–Crippen LogP) is 5.35. The quantitative estimate of drug-likeness (QED) is 0.208. The van der Waals surface area contributed by atoms with Crippen LogP contribution in [0.5, 0.6) is 11.5 Å². The van der Waals surface area contributed by atoms with Gasteiger partial charge in [0.2, 0.25) is 5.91 Å². The van der Waals surface area contributed by atoms with Crippen molar-refractivity contribution < 1.29 is 45.0 Å². The van der Waals surface area contributed by atoms with E-state index in [-0.39, 0.29) is 48.4 Å². The molecule has 48 heavy (non-hydrogen) atoms. The molecule has 1 saturated heterocycles. The van der Waals surface area contributed by atoms with Gasteiger partial charge in [-0.1, -0.05) is 34.8 Å².